The minimum absolute atomic E-state index is 0.0532. The number of amidine groups is 1. The van der Waals surface area contributed by atoms with E-state index in [0.717, 1.165) is 0 Å². The Kier molecular flexibility index (Phi) is 2.92. The standard InChI is InChI=1S/C4H8N2O/c1-3-6-4(5)7-2/h3,5H,1-2H3/b5-4?,6-3-. The van der Waals surface area contributed by atoms with Crippen LogP contribution in [0, 0.1) is 5.41 Å². The molecule has 0 bridgehead atoms. The van der Waals surface area contributed by atoms with Gasteiger partial charge in [-0.15, -0.1) is 0 Å². The molecule has 0 aliphatic heterocycles. The third-order valence-corrected chi connectivity index (χ3v) is 0.440. The number of nitrogens with one attached hydrogen (secondary N) is 1. The Hall–Kier alpha value is -0.860. The SMILES string of the molecule is C/C=N\C(=N)OC. The monoisotopic (exact) mass is 100 g/mol. The summed E-state index contributed by atoms with van der Waals surface area (Å²) in [5.41, 5.74) is 0. The predicted molar refractivity (Wildman–Crippen MR) is 28.9 cm³/mol. The van der Waals surface area contributed by atoms with Gasteiger partial charge in [0.25, 0.3) is 0 Å². The lowest BCUT2D eigenvalue weighted by molar-refractivity contribution is 0.393. The summed E-state index contributed by atoms with van der Waals surface area (Å²) in [4.78, 5) is 3.48. The summed E-state index contributed by atoms with van der Waals surface area (Å²) < 4.78 is 4.38. The molecule has 0 rings (SSSR count). The lowest BCUT2D eigenvalue weighted by Crippen LogP contribution is -1.92. The third kappa shape index (κ3) is 2.96. The fourth-order valence-corrected chi connectivity index (χ4v) is 0.170. The molecule has 0 heterocycles. The van der Waals surface area contributed by atoms with Crippen LogP contribution in [0.2, 0.25) is 0 Å². The molecule has 0 aliphatic rings. The highest BCUT2D eigenvalue weighted by Gasteiger charge is 1.79. The molecule has 3 nitrogen and oxygen atoms in total. The van der Waals surface area contributed by atoms with E-state index in [1.165, 1.54) is 13.3 Å². The predicted octanol–water partition coefficient (Wildman–Crippen LogP) is 0.658. The van der Waals surface area contributed by atoms with E-state index >= 15 is 0 Å². The molecule has 0 saturated carbocycles. The molecule has 0 aromatic heterocycles. The first-order valence-corrected chi connectivity index (χ1v) is 1.92. The van der Waals surface area contributed by atoms with Crippen molar-refractivity contribution >= 4 is 12.2 Å². The van der Waals surface area contributed by atoms with Gasteiger partial charge in [-0.05, 0) is 6.92 Å². The van der Waals surface area contributed by atoms with E-state index in [1.54, 1.807) is 6.92 Å². The summed E-state index contributed by atoms with van der Waals surface area (Å²) in [7, 11) is 1.41. The van der Waals surface area contributed by atoms with E-state index in [0.29, 0.717) is 0 Å². The molecule has 0 aromatic rings. The van der Waals surface area contributed by atoms with Crippen molar-refractivity contribution in [1.29, 1.82) is 5.41 Å². The number of hydrogen-bond donors (Lipinski definition) is 1. The molecule has 0 unspecified atom stereocenters. The molecule has 0 amide bonds. The second-order valence-corrected chi connectivity index (χ2v) is 0.897. The first-order valence-electron chi connectivity index (χ1n) is 1.92. The smallest absolute Gasteiger partial charge is 0.308 e. The molecule has 0 spiro atoms. The van der Waals surface area contributed by atoms with Crippen molar-refractivity contribution in [2.45, 2.75) is 6.92 Å². The zero-order chi connectivity index (χ0) is 5.70. The molecule has 40 valence electrons. The Labute approximate surface area is 42.5 Å². The van der Waals surface area contributed by atoms with Gasteiger partial charge in [-0.25, -0.2) is 10.4 Å². The van der Waals surface area contributed by atoms with E-state index in [9.17, 15) is 0 Å². The van der Waals surface area contributed by atoms with E-state index in [4.69, 9.17) is 5.41 Å². The summed E-state index contributed by atoms with van der Waals surface area (Å²) in [5, 5.41) is 6.72. The van der Waals surface area contributed by atoms with E-state index in [1.807, 2.05) is 0 Å². The second kappa shape index (κ2) is 3.33. The Morgan fingerprint density at radius 2 is 2.43 bits per heavy atom. The lowest BCUT2D eigenvalue weighted by atomic mass is 10.9. The van der Waals surface area contributed by atoms with Gasteiger partial charge >= 0.3 is 6.02 Å². The molecule has 0 fully saturated rings. The van der Waals surface area contributed by atoms with Gasteiger partial charge in [-0.1, -0.05) is 0 Å². The maximum atomic E-state index is 6.72. The Morgan fingerprint density at radius 3 is 2.57 bits per heavy atom. The Bertz CT molecular complexity index is 87.7. The van der Waals surface area contributed by atoms with Crippen molar-refractivity contribution < 1.29 is 4.74 Å². The van der Waals surface area contributed by atoms with Crippen molar-refractivity contribution in [2.24, 2.45) is 4.99 Å². The summed E-state index contributed by atoms with van der Waals surface area (Å²) in [6, 6.07) is -0.0532. The topological polar surface area (TPSA) is 45.4 Å². The highest BCUT2D eigenvalue weighted by Crippen LogP contribution is 1.71. The molecule has 0 saturated heterocycles. The van der Waals surface area contributed by atoms with Gasteiger partial charge in [0.2, 0.25) is 0 Å². The van der Waals surface area contributed by atoms with Crippen LogP contribution in [0.4, 0.5) is 0 Å². The van der Waals surface area contributed by atoms with Crippen molar-refractivity contribution in [3.05, 3.63) is 0 Å². The van der Waals surface area contributed by atoms with Crippen LogP contribution < -0.4 is 0 Å². The molecule has 0 atom stereocenters. The fraction of sp³-hybridized carbons (Fsp3) is 0.500. The van der Waals surface area contributed by atoms with Crippen molar-refractivity contribution in [2.75, 3.05) is 7.11 Å². The van der Waals surface area contributed by atoms with Crippen LogP contribution in [0.25, 0.3) is 0 Å². The van der Waals surface area contributed by atoms with Crippen LogP contribution in [-0.2, 0) is 4.74 Å². The van der Waals surface area contributed by atoms with Crippen LogP contribution in [0.3, 0.4) is 0 Å². The number of methoxy groups -OCH3 is 1. The van der Waals surface area contributed by atoms with Crippen molar-refractivity contribution in [3.8, 4) is 0 Å². The van der Waals surface area contributed by atoms with Gasteiger partial charge in [0.1, 0.15) is 0 Å². The van der Waals surface area contributed by atoms with Crippen molar-refractivity contribution in [1.82, 2.24) is 0 Å². The number of ether oxygens (including phenoxy) is 1. The number of aliphatic imine (C=N–C) groups is 1. The first-order chi connectivity index (χ1) is 3.31. The van der Waals surface area contributed by atoms with Gasteiger partial charge in [0, 0.05) is 6.21 Å². The van der Waals surface area contributed by atoms with Crippen LogP contribution in [0.15, 0.2) is 4.99 Å². The maximum Gasteiger partial charge on any atom is 0.308 e. The number of rotatable bonds is 0. The van der Waals surface area contributed by atoms with Crippen LogP contribution in [0.5, 0.6) is 0 Å². The molecule has 0 aromatic carbocycles. The minimum atomic E-state index is -0.0532. The second-order valence-electron chi connectivity index (χ2n) is 0.897. The molecule has 3 heteroatoms. The van der Waals surface area contributed by atoms with E-state index < -0.39 is 0 Å². The largest absolute Gasteiger partial charge is 0.467 e. The molecular weight excluding hydrogens is 92.1 g/mol. The van der Waals surface area contributed by atoms with Gasteiger partial charge in [-0.2, -0.15) is 0 Å². The summed E-state index contributed by atoms with van der Waals surface area (Å²) in [6.45, 7) is 1.73. The van der Waals surface area contributed by atoms with Gasteiger partial charge in [0.05, 0.1) is 7.11 Å². The van der Waals surface area contributed by atoms with Gasteiger partial charge < -0.3 is 4.74 Å². The molecule has 0 radical (unpaired) electrons. The Morgan fingerprint density at radius 1 is 1.86 bits per heavy atom. The highest BCUT2D eigenvalue weighted by atomic mass is 16.5. The zero-order valence-corrected chi connectivity index (χ0v) is 4.43. The Balaban J connectivity index is 3.37. The van der Waals surface area contributed by atoms with E-state index in [2.05, 4.69) is 9.73 Å². The molecular formula is C4H8N2O. The molecule has 7 heavy (non-hydrogen) atoms. The minimum Gasteiger partial charge on any atom is -0.467 e. The number of hydrogen-bond acceptors (Lipinski definition) is 2. The van der Waals surface area contributed by atoms with Gasteiger partial charge in [0.15, 0.2) is 0 Å². The summed E-state index contributed by atoms with van der Waals surface area (Å²) in [5.74, 6) is 0. The lowest BCUT2D eigenvalue weighted by Gasteiger charge is -1.88. The maximum absolute atomic E-state index is 6.72. The van der Waals surface area contributed by atoms with Crippen molar-refractivity contribution in [3.63, 3.8) is 0 Å². The zero-order valence-electron chi connectivity index (χ0n) is 4.43. The third-order valence-electron chi connectivity index (χ3n) is 0.440. The summed E-state index contributed by atoms with van der Waals surface area (Å²) in [6.07, 6.45) is 1.51. The highest BCUT2D eigenvalue weighted by molar-refractivity contribution is 5.79. The van der Waals surface area contributed by atoms with Crippen LogP contribution >= 0.6 is 0 Å². The molecule has 1 N–H and O–H groups in total. The van der Waals surface area contributed by atoms with Crippen LogP contribution in [-0.4, -0.2) is 19.3 Å². The van der Waals surface area contributed by atoms with E-state index in [-0.39, 0.29) is 6.02 Å². The number of nitrogens with zero attached hydrogens (tertiary/aromatic N) is 1. The summed E-state index contributed by atoms with van der Waals surface area (Å²) >= 11 is 0. The average Bonchev–Trinajstić information content (AvgIpc) is 1.68. The fourth-order valence-electron chi connectivity index (χ4n) is 0.170. The first kappa shape index (κ1) is 6.14. The molecule has 0 aliphatic carbocycles. The quantitative estimate of drug-likeness (QED) is 0.352. The van der Waals surface area contributed by atoms with Gasteiger partial charge in [-0.3, -0.25) is 0 Å². The normalized spacial score (nSPS) is 9.43. The van der Waals surface area contributed by atoms with Crippen LogP contribution in [0.1, 0.15) is 6.92 Å². The average molecular weight is 100 g/mol.